The molecule has 0 bridgehead atoms. The van der Waals surface area contributed by atoms with Crippen molar-refractivity contribution in [2.24, 2.45) is 0 Å². The lowest BCUT2D eigenvalue weighted by Crippen LogP contribution is -2.17. The number of aryl methyl sites for hydroxylation is 1. The minimum atomic E-state index is -3.63. The Morgan fingerprint density at radius 2 is 1.23 bits per heavy atom. The molecule has 0 spiro atoms. The summed E-state index contributed by atoms with van der Waals surface area (Å²) in [4.78, 5) is 0.292. The normalized spacial score (nSPS) is 12.2. The zero-order valence-electron chi connectivity index (χ0n) is 16.9. The predicted octanol–water partition coefficient (Wildman–Crippen LogP) is 6.17. The number of benzene rings is 2. The van der Waals surface area contributed by atoms with Gasteiger partial charge in [0.2, 0.25) is 0 Å². The Hall–Kier alpha value is -1.81. The van der Waals surface area contributed by atoms with E-state index < -0.39 is 10.0 Å². The molecular formula is C22H31NO2S. The van der Waals surface area contributed by atoms with E-state index in [9.17, 15) is 8.42 Å². The molecule has 4 heteroatoms. The Kier molecular flexibility index (Phi) is 6.17. The van der Waals surface area contributed by atoms with Crippen LogP contribution in [0.15, 0.2) is 41.3 Å². The van der Waals surface area contributed by atoms with Crippen molar-refractivity contribution >= 4 is 15.7 Å². The molecule has 0 fully saturated rings. The number of anilines is 1. The molecular weight excluding hydrogens is 342 g/mol. The molecule has 0 amide bonds. The molecule has 0 aliphatic carbocycles. The summed E-state index contributed by atoms with van der Waals surface area (Å²) in [6, 6.07) is 11.3. The van der Waals surface area contributed by atoms with Crippen molar-refractivity contribution in [3.8, 4) is 0 Å². The molecule has 26 heavy (non-hydrogen) atoms. The minimum absolute atomic E-state index is 0.224. The molecule has 0 atom stereocenters. The largest absolute Gasteiger partial charge is 0.279 e. The Bertz CT molecular complexity index is 835. The lowest BCUT2D eigenvalue weighted by Gasteiger charge is -2.23. The number of hydrogen-bond acceptors (Lipinski definition) is 2. The fraction of sp³-hybridized carbons (Fsp3) is 0.455. The lowest BCUT2D eigenvalue weighted by atomic mass is 9.88. The summed E-state index contributed by atoms with van der Waals surface area (Å²) in [5.41, 5.74) is 5.12. The molecule has 2 aromatic rings. The maximum absolute atomic E-state index is 13.0. The van der Waals surface area contributed by atoms with Gasteiger partial charge in [0.25, 0.3) is 10.0 Å². The molecule has 1 N–H and O–H groups in total. The minimum Gasteiger partial charge on any atom is -0.279 e. The first kappa shape index (κ1) is 20.5. The van der Waals surface area contributed by atoms with E-state index >= 15 is 0 Å². The molecule has 0 aliphatic rings. The number of hydrogen-bond donors (Lipinski definition) is 1. The topological polar surface area (TPSA) is 46.2 Å². The highest BCUT2D eigenvalue weighted by Crippen LogP contribution is 2.37. The zero-order valence-corrected chi connectivity index (χ0v) is 17.7. The number of nitrogens with one attached hydrogen (secondary N) is 1. The van der Waals surface area contributed by atoms with E-state index in [-0.39, 0.29) is 11.8 Å². The molecule has 0 radical (unpaired) electrons. The number of sulfonamides is 1. The van der Waals surface area contributed by atoms with Crippen LogP contribution in [-0.4, -0.2) is 8.42 Å². The first-order chi connectivity index (χ1) is 12.0. The summed E-state index contributed by atoms with van der Waals surface area (Å²) < 4.78 is 28.8. The van der Waals surface area contributed by atoms with E-state index in [2.05, 4.69) is 58.4 Å². The van der Waals surface area contributed by atoms with Crippen molar-refractivity contribution in [3.05, 3.63) is 58.7 Å². The van der Waals surface area contributed by atoms with E-state index in [4.69, 9.17) is 0 Å². The molecule has 0 heterocycles. The van der Waals surface area contributed by atoms with Gasteiger partial charge in [-0.15, -0.1) is 0 Å². The average Bonchev–Trinajstić information content (AvgIpc) is 2.54. The van der Waals surface area contributed by atoms with Gasteiger partial charge in [-0.25, -0.2) is 8.42 Å². The first-order valence-corrected chi connectivity index (χ1v) is 10.8. The van der Waals surface area contributed by atoms with Crippen LogP contribution in [0.5, 0.6) is 0 Å². The standard InChI is InChI=1S/C22H31NO2S/c1-14(2)18-12-20(15(3)4)22(21(13-18)16(5)6)23-26(24,25)19-10-8-17(7)9-11-19/h8-16,23H,1-7H3. The third-order valence-corrected chi connectivity index (χ3v) is 6.07. The molecule has 0 aromatic heterocycles. The van der Waals surface area contributed by atoms with Crippen LogP contribution >= 0.6 is 0 Å². The Balaban J connectivity index is 2.61. The molecule has 0 saturated heterocycles. The van der Waals surface area contributed by atoms with Crippen LogP contribution < -0.4 is 4.72 Å². The maximum atomic E-state index is 13.0. The van der Waals surface area contributed by atoms with Gasteiger partial charge in [0, 0.05) is 0 Å². The number of rotatable bonds is 6. The molecule has 3 nitrogen and oxygen atoms in total. The highest BCUT2D eigenvalue weighted by Gasteiger charge is 2.22. The lowest BCUT2D eigenvalue weighted by molar-refractivity contribution is 0.601. The highest BCUT2D eigenvalue weighted by molar-refractivity contribution is 7.92. The van der Waals surface area contributed by atoms with E-state index in [1.807, 2.05) is 19.1 Å². The fourth-order valence-electron chi connectivity index (χ4n) is 2.98. The van der Waals surface area contributed by atoms with Gasteiger partial charge in [-0.3, -0.25) is 4.72 Å². The van der Waals surface area contributed by atoms with Gasteiger partial charge in [-0.2, -0.15) is 0 Å². The van der Waals surface area contributed by atoms with Crippen molar-refractivity contribution in [1.82, 2.24) is 0 Å². The van der Waals surface area contributed by atoms with Crippen LogP contribution in [0.25, 0.3) is 0 Å². The van der Waals surface area contributed by atoms with E-state index in [0.29, 0.717) is 10.8 Å². The molecule has 0 unspecified atom stereocenters. The molecule has 0 aliphatic heterocycles. The van der Waals surface area contributed by atoms with Crippen LogP contribution in [0.4, 0.5) is 5.69 Å². The zero-order chi connectivity index (χ0) is 19.6. The second-order valence-corrected chi connectivity index (χ2v) is 9.64. The third kappa shape index (κ3) is 4.47. The summed E-state index contributed by atoms with van der Waals surface area (Å²) in [5.74, 6) is 0.844. The Labute approximate surface area is 158 Å². The fourth-order valence-corrected chi connectivity index (χ4v) is 4.10. The van der Waals surface area contributed by atoms with E-state index in [1.54, 1.807) is 12.1 Å². The molecule has 2 rings (SSSR count). The summed E-state index contributed by atoms with van der Waals surface area (Å²) in [6.07, 6.45) is 0. The second kappa shape index (κ2) is 7.83. The van der Waals surface area contributed by atoms with Gasteiger partial charge in [-0.05, 0) is 53.5 Å². The van der Waals surface area contributed by atoms with Crippen molar-refractivity contribution in [2.75, 3.05) is 4.72 Å². The van der Waals surface area contributed by atoms with Gasteiger partial charge in [0.05, 0.1) is 10.6 Å². The van der Waals surface area contributed by atoms with E-state index in [0.717, 1.165) is 22.4 Å². The third-order valence-electron chi connectivity index (χ3n) is 4.70. The van der Waals surface area contributed by atoms with Crippen molar-refractivity contribution in [1.29, 1.82) is 0 Å². The monoisotopic (exact) mass is 373 g/mol. The van der Waals surface area contributed by atoms with Crippen LogP contribution in [0.1, 0.15) is 81.5 Å². The molecule has 2 aromatic carbocycles. The predicted molar refractivity (Wildman–Crippen MR) is 111 cm³/mol. The van der Waals surface area contributed by atoms with Crippen LogP contribution in [-0.2, 0) is 10.0 Å². The van der Waals surface area contributed by atoms with Gasteiger partial charge in [0.15, 0.2) is 0 Å². The first-order valence-electron chi connectivity index (χ1n) is 9.30. The smallest absolute Gasteiger partial charge is 0.261 e. The van der Waals surface area contributed by atoms with E-state index in [1.165, 1.54) is 5.56 Å². The van der Waals surface area contributed by atoms with Gasteiger partial charge < -0.3 is 0 Å². The van der Waals surface area contributed by atoms with Crippen LogP contribution in [0.3, 0.4) is 0 Å². The summed E-state index contributed by atoms with van der Waals surface area (Å²) in [6.45, 7) is 14.7. The summed E-state index contributed by atoms with van der Waals surface area (Å²) >= 11 is 0. The van der Waals surface area contributed by atoms with Crippen LogP contribution in [0, 0.1) is 6.92 Å². The van der Waals surface area contributed by atoms with Gasteiger partial charge in [0.1, 0.15) is 0 Å². The summed E-state index contributed by atoms with van der Waals surface area (Å²) in [7, 11) is -3.63. The quantitative estimate of drug-likeness (QED) is 0.658. The SMILES string of the molecule is Cc1ccc(S(=O)(=O)Nc2c(C(C)C)cc(C(C)C)cc2C(C)C)cc1. The van der Waals surface area contributed by atoms with Crippen molar-refractivity contribution in [3.63, 3.8) is 0 Å². The van der Waals surface area contributed by atoms with Gasteiger partial charge >= 0.3 is 0 Å². The Morgan fingerprint density at radius 1 is 0.769 bits per heavy atom. The second-order valence-electron chi connectivity index (χ2n) is 7.96. The summed E-state index contributed by atoms with van der Waals surface area (Å²) in [5, 5.41) is 0. The molecule has 0 saturated carbocycles. The Morgan fingerprint density at radius 3 is 1.62 bits per heavy atom. The van der Waals surface area contributed by atoms with Crippen LogP contribution in [0.2, 0.25) is 0 Å². The maximum Gasteiger partial charge on any atom is 0.261 e. The van der Waals surface area contributed by atoms with Gasteiger partial charge in [-0.1, -0.05) is 71.4 Å². The molecule has 142 valence electrons. The average molecular weight is 374 g/mol. The van der Waals surface area contributed by atoms with Crippen molar-refractivity contribution < 1.29 is 8.42 Å². The van der Waals surface area contributed by atoms with Crippen molar-refractivity contribution in [2.45, 2.75) is 71.1 Å². The highest BCUT2D eigenvalue weighted by atomic mass is 32.2.